The lowest BCUT2D eigenvalue weighted by Gasteiger charge is -2.38. The number of hydrogen-bond acceptors (Lipinski definition) is 5. The summed E-state index contributed by atoms with van der Waals surface area (Å²) in [6, 6.07) is 4.88. The molecule has 0 saturated carbocycles. The third-order valence-corrected chi connectivity index (χ3v) is 7.95. The first kappa shape index (κ1) is 26.3. The molecule has 3 rings (SSSR count). The zero-order chi connectivity index (χ0) is 24.4. The van der Waals surface area contributed by atoms with Gasteiger partial charge in [0.05, 0.1) is 5.56 Å². The summed E-state index contributed by atoms with van der Waals surface area (Å²) in [5, 5.41) is 0. The monoisotopic (exact) mass is 478 g/mol. The summed E-state index contributed by atoms with van der Waals surface area (Å²) >= 11 is 2.00. The molecule has 182 valence electrons. The Bertz CT molecular complexity index is 1020. The molecule has 0 bridgehead atoms. The van der Waals surface area contributed by atoms with Crippen LogP contribution in [0, 0.1) is 11.8 Å². The van der Waals surface area contributed by atoms with Gasteiger partial charge in [-0.3, -0.25) is 4.79 Å². The molecule has 5 heteroatoms. The minimum absolute atomic E-state index is 0.0853. The van der Waals surface area contributed by atoms with Crippen LogP contribution in [0.25, 0.3) is 0 Å². The number of fused-ring (bicyclic) bond motifs is 1. The molecule has 4 nitrogen and oxygen atoms in total. The topological polar surface area (TPSA) is 52.1 Å². The number of hydrogen-bond donors (Lipinski definition) is 0. The summed E-state index contributed by atoms with van der Waals surface area (Å²) < 4.78 is 5.15. The molecule has 1 aliphatic rings. The van der Waals surface area contributed by atoms with Gasteiger partial charge in [-0.25, -0.2) is 9.97 Å². The standard InChI is InChI=1S/C29H38N2O2S/c1-5-9-10-11-13-23-19-26-25(29(7-3,8-4)16-17-34-26)18-24(23)15-14-22-20-30-28(31-21-22)33-27(32)12-6-2/h18-21H,5-13,16-17H2,1-4H3. The van der Waals surface area contributed by atoms with E-state index in [1.54, 1.807) is 12.4 Å². The van der Waals surface area contributed by atoms with E-state index in [4.69, 9.17) is 4.74 Å². The highest BCUT2D eigenvalue weighted by molar-refractivity contribution is 7.99. The number of aromatic nitrogens is 2. The predicted molar refractivity (Wildman–Crippen MR) is 140 cm³/mol. The van der Waals surface area contributed by atoms with Crippen LogP contribution in [-0.4, -0.2) is 21.7 Å². The molecular formula is C29H38N2O2S. The largest absolute Gasteiger partial charge is 0.391 e. The van der Waals surface area contributed by atoms with Gasteiger partial charge in [0.2, 0.25) is 0 Å². The smallest absolute Gasteiger partial charge is 0.324 e. The number of carbonyl (C=O) groups is 1. The minimum atomic E-state index is -0.309. The van der Waals surface area contributed by atoms with Gasteiger partial charge in [-0.2, -0.15) is 0 Å². The Morgan fingerprint density at radius 1 is 1.03 bits per heavy atom. The van der Waals surface area contributed by atoms with Gasteiger partial charge in [-0.05, 0) is 73.0 Å². The fraction of sp³-hybridized carbons (Fsp3) is 0.552. The second-order valence-corrected chi connectivity index (χ2v) is 10.3. The van der Waals surface area contributed by atoms with E-state index in [2.05, 4.69) is 54.7 Å². The quantitative estimate of drug-likeness (QED) is 0.204. The lowest BCUT2D eigenvalue weighted by molar-refractivity contribution is -0.134. The molecular weight excluding hydrogens is 440 g/mol. The first-order valence-corrected chi connectivity index (χ1v) is 13.9. The molecule has 0 atom stereocenters. The third-order valence-electron chi connectivity index (χ3n) is 6.90. The predicted octanol–water partition coefficient (Wildman–Crippen LogP) is 7.26. The van der Waals surface area contributed by atoms with E-state index in [1.807, 2.05) is 18.7 Å². The maximum Gasteiger partial charge on any atom is 0.324 e. The zero-order valence-corrected chi connectivity index (χ0v) is 22.0. The SMILES string of the molecule is CCCCCCc1cc2c(cc1C#Cc1cnc(OC(=O)CCC)nc1)C(CC)(CC)CCS2. The van der Waals surface area contributed by atoms with Crippen molar-refractivity contribution in [2.75, 3.05) is 5.75 Å². The van der Waals surface area contributed by atoms with Crippen molar-refractivity contribution in [3.05, 3.63) is 46.8 Å². The van der Waals surface area contributed by atoms with Gasteiger partial charge in [0.15, 0.2) is 0 Å². The molecule has 2 aromatic rings. The Balaban J connectivity index is 1.90. The van der Waals surface area contributed by atoms with Crippen molar-refractivity contribution >= 4 is 17.7 Å². The number of esters is 1. The molecule has 0 unspecified atom stereocenters. The van der Waals surface area contributed by atoms with Crippen LogP contribution in [0.15, 0.2) is 29.4 Å². The van der Waals surface area contributed by atoms with Crippen molar-refractivity contribution in [2.24, 2.45) is 0 Å². The van der Waals surface area contributed by atoms with E-state index >= 15 is 0 Å². The van der Waals surface area contributed by atoms with Crippen molar-refractivity contribution in [1.29, 1.82) is 0 Å². The molecule has 2 heterocycles. The lowest BCUT2D eigenvalue weighted by atomic mass is 9.72. The second-order valence-electron chi connectivity index (χ2n) is 9.13. The average molecular weight is 479 g/mol. The fourth-order valence-corrected chi connectivity index (χ4v) is 6.00. The van der Waals surface area contributed by atoms with Crippen LogP contribution in [0.5, 0.6) is 6.01 Å². The van der Waals surface area contributed by atoms with Gasteiger partial charge in [0.25, 0.3) is 0 Å². The zero-order valence-electron chi connectivity index (χ0n) is 21.2. The summed E-state index contributed by atoms with van der Waals surface area (Å²) in [7, 11) is 0. The van der Waals surface area contributed by atoms with Crippen LogP contribution in [0.2, 0.25) is 0 Å². The van der Waals surface area contributed by atoms with Gasteiger partial charge in [-0.15, -0.1) is 11.8 Å². The number of unbranched alkanes of at least 4 members (excludes halogenated alkanes) is 3. The van der Waals surface area contributed by atoms with Crippen molar-refractivity contribution in [3.63, 3.8) is 0 Å². The van der Waals surface area contributed by atoms with Gasteiger partial charge >= 0.3 is 12.0 Å². The molecule has 0 saturated heterocycles. The normalized spacial score (nSPS) is 14.1. The first-order valence-electron chi connectivity index (χ1n) is 12.9. The summed E-state index contributed by atoms with van der Waals surface area (Å²) in [5.41, 5.74) is 4.93. The molecule has 0 radical (unpaired) electrons. The highest BCUT2D eigenvalue weighted by Crippen LogP contribution is 2.47. The molecule has 34 heavy (non-hydrogen) atoms. The van der Waals surface area contributed by atoms with Crippen molar-refractivity contribution in [2.45, 2.75) is 102 Å². The van der Waals surface area contributed by atoms with Gasteiger partial charge in [0.1, 0.15) is 0 Å². The van der Waals surface area contributed by atoms with Gasteiger partial charge in [-0.1, -0.05) is 58.8 Å². The van der Waals surface area contributed by atoms with E-state index in [1.165, 1.54) is 53.9 Å². The Hall–Kier alpha value is -2.32. The lowest BCUT2D eigenvalue weighted by Crippen LogP contribution is -2.29. The van der Waals surface area contributed by atoms with Crippen LogP contribution in [0.3, 0.4) is 0 Å². The number of rotatable bonds is 10. The van der Waals surface area contributed by atoms with Crippen LogP contribution in [-0.2, 0) is 16.6 Å². The fourth-order valence-electron chi connectivity index (χ4n) is 4.63. The van der Waals surface area contributed by atoms with Crippen molar-refractivity contribution in [3.8, 4) is 17.9 Å². The van der Waals surface area contributed by atoms with Crippen LogP contribution in [0.1, 0.15) is 108 Å². The number of aryl methyl sites for hydroxylation is 1. The molecule has 0 amide bonds. The van der Waals surface area contributed by atoms with E-state index in [0.717, 1.165) is 36.8 Å². The van der Waals surface area contributed by atoms with E-state index in [-0.39, 0.29) is 17.4 Å². The van der Waals surface area contributed by atoms with Crippen LogP contribution < -0.4 is 4.74 Å². The number of carbonyl (C=O) groups excluding carboxylic acids is 1. The Morgan fingerprint density at radius 3 is 2.47 bits per heavy atom. The molecule has 0 spiro atoms. The number of benzene rings is 1. The first-order chi connectivity index (χ1) is 16.5. The van der Waals surface area contributed by atoms with Crippen molar-refractivity contribution in [1.82, 2.24) is 9.97 Å². The Labute approximate surface area is 209 Å². The highest BCUT2D eigenvalue weighted by atomic mass is 32.2. The Morgan fingerprint density at radius 2 is 1.79 bits per heavy atom. The molecule has 0 aliphatic carbocycles. The molecule has 1 aliphatic heterocycles. The molecule has 0 fully saturated rings. The van der Waals surface area contributed by atoms with Gasteiger partial charge in [0, 0.05) is 29.3 Å². The summed E-state index contributed by atoms with van der Waals surface area (Å²) in [6.45, 7) is 8.82. The van der Waals surface area contributed by atoms with Crippen LogP contribution >= 0.6 is 11.8 Å². The van der Waals surface area contributed by atoms with Crippen molar-refractivity contribution < 1.29 is 9.53 Å². The summed E-state index contributed by atoms with van der Waals surface area (Å²) in [6.07, 6.45) is 13.9. The van der Waals surface area contributed by atoms with E-state index < -0.39 is 0 Å². The minimum Gasteiger partial charge on any atom is -0.391 e. The molecule has 0 N–H and O–H groups in total. The summed E-state index contributed by atoms with van der Waals surface area (Å²) in [4.78, 5) is 21.4. The molecule has 1 aromatic heterocycles. The second kappa shape index (κ2) is 13.0. The third kappa shape index (κ3) is 6.63. The number of thioether (sulfide) groups is 1. The van der Waals surface area contributed by atoms with E-state index in [9.17, 15) is 4.79 Å². The van der Waals surface area contributed by atoms with E-state index in [0.29, 0.717) is 6.42 Å². The maximum absolute atomic E-state index is 11.7. The highest BCUT2D eigenvalue weighted by Gasteiger charge is 2.34. The average Bonchev–Trinajstić information content (AvgIpc) is 2.86. The number of nitrogens with zero attached hydrogens (tertiary/aromatic N) is 2. The van der Waals surface area contributed by atoms with Gasteiger partial charge < -0.3 is 4.74 Å². The Kier molecular flexibility index (Phi) is 10.0. The summed E-state index contributed by atoms with van der Waals surface area (Å²) in [5.74, 6) is 7.58. The molecule has 1 aromatic carbocycles. The number of ether oxygens (including phenoxy) is 1. The van der Waals surface area contributed by atoms with Crippen LogP contribution in [0.4, 0.5) is 0 Å². The maximum atomic E-state index is 11.7.